The molecule has 10 rings (SSSR count). The maximum atomic E-state index is 14.9. The van der Waals surface area contributed by atoms with Crippen molar-refractivity contribution >= 4 is 35.0 Å². The highest BCUT2D eigenvalue weighted by Crippen LogP contribution is 2.45. The number of amides is 2. The minimum atomic E-state index is -1.16. The average molecular weight is 982 g/mol. The Kier molecular flexibility index (Phi) is 14.0. The van der Waals surface area contributed by atoms with E-state index in [0.29, 0.717) is 66.7 Å². The Balaban J connectivity index is 0.822. The molecule has 0 radical (unpaired) electrons. The fourth-order valence-electron chi connectivity index (χ4n) is 11.1. The maximum absolute atomic E-state index is 14.9. The van der Waals surface area contributed by atoms with Gasteiger partial charge < -0.3 is 19.3 Å². The van der Waals surface area contributed by atoms with E-state index in [0.717, 1.165) is 80.0 Å². The number of hydrogen-bond acceptors (Lipinski definition) is 10. The summed E-state index contributed by atoms with van der Waals surface area (Å²) >= 11 is 7.18. The Morgan fingerprint density at radius 3 is 1.79 bits per heavy atom. The van der Waals surface area contributed by atoms with Crippen molar-refractivity contribution in [3.8, 4) is 22.8 Å². The van der Waals surface area contributed by atoms with Gasteiger partial charge >= 0.3 is 0 Å². The van der Waals surface area contributed by atoms with Crippen molar-refractivity contribution < 1.29 is 19.1 Å². The normalized spacial score (nSPS) is 19.5. The predicted molar refractivity (Wildman–Crippen MR) is 270 cm³/mol. The van der Waals surface area contributed by atoms with Gasteiger partial charge in [-0.2, -0.15) is 19.0 Å². The molecule has 4 aromatic heterocycles. The lowest BCUT2D eigenvalue weighted by atomic mass is 9.74. The number of halogens is 1. The van der Waals surface area contributed by atoms with Gasteiger partial charge in [-0.15, -0.1) is 0 Å². The van der Waals surface area contributed by atoms with Gasteiger partial charge in [0.05, 0.1) is 24.6 Å². The van der Waals surface area contributed by atoms with Gasteiger partial charge in [-0.3, -0.25) is 29.4 Å². The van der Waals surface area contributed by atoms with Gasteiger partial charge in [-0.25, -0.2) is 9.97 Å². The van der Waals surface area contributed by atoms with Crippen LogP contribution in [0.4, 0.5) is 0 Å². The van der Waals surface area contributed by atoms with E-state index in [-0.39, 0.29) is 59.7 Å². The summed E-state index contributed by atoms with van der Waals surface area (Å²) in [6, 6.07) is 28.2. The third-order valence-electron chi connectivity index (χ3n) is 15.0. The summed E-state index contributed by atoms with van der Waals surface area (Å²) < 4.78 is 16.0. The van der Waals surface area contributed by atoms with E-state index < -0.39 is 11.2 Å². The molecule has 0 spiro atoms. The Bertz CT molecular complexity index is 3140. The van der Waals surface area contributed by atoms with Gasteiger partial charge in [-0.05, 0) is 80.9 Å². The first-order valence-electron chi connectivity index (χ1n) is 25.1. The van der Waals surface area contributed by atoms with E-state index in [1.54, 1.807) is 4.90 Å². The smallest absolute Gasteiger partial charge is 0.274 e. The molecule has 71 heavy (non-hydrogen) atoms. The summed E-state index contributed by atoms with van der Waals surface area (Å²) in [4.78, 5) is 77.9. The second-order valence-corrected chi connectivity index (χ2v) is 20.2. The first-order chi connectivity index (χ1) is 34.5. The third kappa shape index (κ3) is 10.2. The lowest BCUT2D eigenvalue weighted by Gasteiger charge is -2.44. The lowest BCUT2D eigenvalue weighted by Crippen LogP contribution is -2.54. The molecule has 2 N–H and O–H groups in total. The van der Waals surface area contributed by atoms with Crippen molar-refractivity contribution in [3.05, 3.63) is 139 Å². The van der Waals surface area contributed by atoms with E-state index in [4.69, 9.17) is 26.1 Å². The third-order valence-corrected chi connectivity index (χ3v) is 15.4. The van der Waals surface area contributed by atoms with E-state index in [2.05, 4.69) is 37.3 Å². The minimum Gasteiger partial charge on any atom is -0.359 e. The molecule has 2 amide bonds. The van der Waals surface area contributed by atoms with Crippen LogP contribution in [0.3, 0.4) is 0 Å². The SMILES string of the molecule is CN(CCc1ccc(C2CCCC(OCc3cc(=O)n4[nH]c(-c5ccccc5)nc4n3)(C(=O)N(C)C3CCCCC3)C2)c(Cl)c1)C(=O)C1(OCc2cc(=O)n3[nH]c(-c4ccccc4)nc3n2)CCCCC1. The van der Waals surface area contributed by atoms with Crippen molar-refractivity contribution in [2.24, 2.45) is 0 Å². The molecular weight excluding hydrogens is 920 g/mol. The number of H-pyrrole nitrogens is 2. The number of carbonyl (C=O) groups excluding carboxylic acids is 2. The van der Waals surface area contributed by atoms with Crippen molar-refractivity contribution in [2.45, 2.75) is 133 Å². The van der Waals surface area contributed by atoms with Crippen LogP contribution >= 0.6 is 11.6 Å². The number of nitrogens with one attached hydrogen (secondary N) is 2. The molecule has 3 fully saturated rings. The molecule has 16 nitrogen and oxygen atoms in total. The quantitative estimate of drug-likeness (QED) is 0.101. The zero-order valence-electron chi connectivity index (χ0n) is 40.4. The van der Waals surface area contributed by atoms with E-state index in [9.17, 15) is 19.2 Å². The summed E-state index contributed by atoms with van der Waals surface area (Å²) in [6.07, 6.45) is 12.3. The van der Waals surface area contributed by atoms with Gasteiger partial charge in [0.1, 0.15) is 11.2 Å². The molecule has 0 aliphatic heterocycles. The van der Waals surface area contributed by atoms with Crippen LogP contribution in [0.1, 0.15) is 118 Å². The molecule has 3 saturated carbocycles. The zero-order valence-corrected chi connectivity index (χ0v) is 41.2. The van der Waals surface area contributed by atoms with Crippen LogP contribution in [0.5, 0.6) is 0 Å². The molecule has 4 heterocycles. The second-order valence-electron chi connectivity index (χ2n) is 19.8. The van der Waals surface area contributed by atoms with Crippen LogP contribution in [-0.2, 0) is 38.7 Å². The largest absolute Gasteiger partial charge is 0.359 e. The first kappa shape index (κ1) is 48.2. The molecule has 3 aliphatic rings. The first-order valence-corrected chi connectivity index (χ1v) is 25.5. The van der Waals surface area contributed by atoms with E-state index in [1.165, 1.54) is 27.6 Å². The standard InChI is InChI=1S/C54H61ClN10O6/c1-62(49(68)53(26-13-6-14-27-53)70-34-40-31-45(66)64-51(56-40)58-47(60-64)37-16-7-3-8-17-37)29-25-36-23-24-43(44(55)30-36)39-20-15-28-54(33-39,50(69)63(2)42-21-11-5-12-22-42)71-35-41-32-46(67)65-52(57-41)59-48(61-65)38-18-9-4-10-19-38/h3-4,7-10,16-19,23-24,30-32,39,42H,5-6,11-15,20-22,25-29,33-35H2,1-2H3,(H,56,58,60)(H,57,59,61). The number of nitrogens with zero attached hydrogens (tertiary/aromatic N) is 8. The maximum Gasteiger partial charge on any atom is 0.274 e. The molecule has 7 aromatic rings. The molecule has 2 unspecified atom stereocenters. The number of ether oxygens (including phenoxy) is 2. The minimum absolute atomic E-state index is 0.000230. The van der Waals surface area contributed by atoms with Crippen LogP contribution in [0.15, 0.2) is 101 Å². The van der Waals surface area contributed by atoms with Crippen molar-refractivity contribution in [2.75, 3.05) is 20.6 Å². The molecule has 3 aromatic carbocycles. The molecule has 3 aliphatic carbocycles. The monoisotopic (exact) mass is 980 g/mol. The number of likely N-dealkylation sites (N-methyl/N-ethyl adjacent to an activating group) is 2. The summed E-state index contributed by atoms with van der Waals surface area (Å²) in [5.74, 6) is 1.33. The number of fused-ring (bicyclic) bond motifs is 2. The summed E-state index contributed by atoms with van der Waals surface area (Å²) in [7, 11) is 3.72. The Labute approximate surface area is 416 Å². The van der Waals surface area contributed by atoms with Gasteiger partial charge in [0.25, 0.3) is 34.5 Å². The van der Waals surface area contributed by atoms with Crippen LogP contribution < -0.4 is 11.1 Å². The average Bonchev–Trinajstić information content (AvgIpc) is 4.06. The van der Waals surface area contributed by atoms with E-state index in [1.807, 2.05) is 85.7 Å². The van der Waals surface area contributed by atoms with Crippen LogP contribution in [0, 0.1) is 0 Å². The van der Waals surface area contributed by atoms with Crippen LogP contribution in [0.25, 0.3) is 34.3 Å². The molecular formula is C54H61ClN10O6. The topological polar surface area (TPSA) is 185 Å². The van der Waals surface area contributed by atoms with Crippen LogP contribution in [-0.4, -0.2) is 98.7 Å². The summed E-state index contributed by atoms with van der Waals surface area (Å²) in [6.45, 7) is 0.410. The van der Waals surface area contributed by atoms with Gasteiger partial charge in [-0.1, -0.05) is 123 Å². The summed E-state index contributed by atoms with van der Waals surface area (Å²) in [5, 5.41) is 6.70. The van der Waals surface area contributed by atoms with Crippen molar-refractivity contribution in [3.63, 3.8) is 0 Å². The predicted octanol–water partition coefficient (Wildman–Crippen LogP) is 8.46. The van der Waals surface area contributed by atoms with Gasteiger partial charge in [0, 0.05) is 55.0 Å². The fraction of sp³-hybridized carbons (Fsp3) is 0.444. The molecule has 370 valence electrons. The Morgan fingerprint density at radius 2 is 1.21 bits per heavy atom. The Hall–Kier alpha value is -6.49. The highest BCUT2D eigenvalue weighted by molar-refractivity contribution is 6.31. The second kappa shape index (κ2) is 20.7. The number of carbonyl (C=O) groups is 2. The molecule has 2 atom stereocenters. The lowest BCUT2D eigenvalue weighted by molar-refractivity contribution is -0.168. The highest BCUT2D eigenvalue weighted by atomic mass is 35.5. The van der Waals surface area contributed by atoms with E-state index >= 15 is 0 Å². The number of benzene rings is 3. The highest BCUT2D eigenvalue weighted by Gasteiger charge is 2.48. The van der Waals surface area contributed by atoms with Crippen LogP contribution in [0.2, 0.25) is 5.02 Å². The fourth-order valence-corrected chi connectivity index (χ4v) is 11.4. The van der Waals surface area contributed by atoms with Crippen molar-refractivity contribution in [1.29, 1.82) is 0 Å². The number of rotatable bonds is 15. The number of hydrogen-bond donors (Lipinski definition) is 2. The summed E-state index contributed by atoms with van der Waals surface area (Å²) in [5.41, 5.74) is 1.60. The molecule has 0 saturated heterocycles. The van der Waals surface area contributed by atoms with Gasteiger partial charge in [0.2, 0.25) is 0 Å². The number of aromatic nitrogens is 8. The zero-order chi connectivity index (χ0) is 49.1. The van der Waals surface area contributed by atoms with Crippen molar-refractivity contribution in [1.82, 2.24) is 49.0 Å². The Morgan fingerprint density at radius 1 is 0.662 bits per heavy atom. The molecule has 0 bridgehead atoms. The number of aromatic amines is 2. The molecule has 17 heteroatoms. The van der Waals surface area contributed by atoms with Gasteiger partial charge in [0.15, 0.2) is 11.6 Å².